The Morgan fingerprint density at radius 1 is 1.04 bits per heavy atom. The van der Waals surface area contributed by atoms with Gasteiger partial charge in [-0.2, -0.15) is 0 Å². The van der Waals surface area contributed by atoms with Gasteiger partial charge in [0, 0.05) is 12.0 Å². The molecule has 1 fully saturated rings. The van der Waals surface area contributed by atoms with Crippen LogP contribution >= 0.6 is 0 Å². The number of hydrogen-bond acceptors (Lipinski definition) is 4. The van der Waals surface area contributed by atoms with Crippen LogP contribution in [0.4, 0.5) is 4.39 Å². The second kappa shape index (κ2) is 7.01. The summed E-state index contributed by atoms with van der Waals surface area (Å²) < 4.78 is 29.7. The molecule has 1 aliphatic rings. The third kappa shape index (κ3) is 3.24. The predicted molar refractivity (Wildman–Crippen MR) is 91.1 cm³/mol. The van der Waals surface area contributed by atoms with Crippen molar-refractivity contribution >= 4 is 5.91 Å². The number of carbonyl (C=O) groups excluding carboxylic acids is 1. The first-order chi connectivity index (χ1) is 12.1. The van der Waals surface area contributed by atoms with Crippen LogP contribution in [0.2, 0.25) is 0 Å². The van der Waals surface area contributed by atoms with E-state index in [0.717, 1.165) is 0 Å². The summed E-state index contributed by atoms with van der Waals surface area (Å²) in [7, 11) is 4.46. The molecule has 1 N–H and O–H groups in total. The molecule has 0 aromatic heterocycles. The molecule has 0 radical (unpaired) electrons. The fourth-order valence-corrected chi connectivity index (χ4v) is 3.00. The number of rotatable bonds is 6. The summed E-state index contributed by atoms with van der Waals surface area (Å²) in [5, 5.41) is 2.93. The molecule has 6 heteroatoms. The number of carbonyl (C=O) groups is 1. The van der Waals surface area contributed by atoms with E-state index in [-0.39, 0.29) is 23.7 Å². The van der Waals surface area contributed by atoms with E-state index in [1.54, 1.807) is 30.3 Å². The fraction of sp³-hybridized carbons (Fsp3) is 0.316. The van der Waals surface area contributed by atoms with E-state index in [1.807, 2.05) is 0 Å². The average Bonchev–Trinajstić information content (AvgIpc) is 3.39. The molecule has 0 bridgehead atoms. The lowest BCUT2D eigenvalue weighted by molar-refractivity contribution is 0.0946. The van der Waals surface area contributed by atoms with Gasteiger partial charge < -0.3 is 19.5 Å². The van der Waals surface area contributed by atoms with Crippen molar-refractivity contribution in [2.24, 2.45) is 0 Å². The molecular formula is C19H20FNO4. The maximum atomic E-state index is 13.9. The zero-order chi connectivity index (χ0) is 18.0. The van der Waals surface area contributed by atoms with E-state index >= 15 is 0 Å². The van der Waals surface area contributed by atoms with E-state index in [2.05, 4.69) is 5.32 Å². The second-order valence-electron chi connectivity index (χ2n) is 5.83. The Morgan fingerprint density at radius 3 is 2.40 bits per heavy atom. The van der Waals surface area contributed by atoms with Crippen LogP contribution in [0.3, 0.4) is 0 Å². The van der Waals surface area contributed by atoms with Crippen LogP contribution in [-0.4, -0.2) is 33.3 Å². The Hall–Kier alpha value is -2.76. The SMILES string of the molecule is COc1ccc(C(=O)N[C@@H]2C[C@H]2c2ccccc2F)c(OC)c1OC. The first-order valence-corrected chi connectivity index (χ1v) is 7.95. The lowest BCUT2D eigenvalue weighted by Crippen LogP contribution is -2.27. The van der Waals surface area contributed by atoms with Crippen molar-refractivity contribution in [2.45, 2.75) is 18.4 Å². The van der Waals surface area contributed by atoms with Gasteiger partial charge in [-0.05, 0) is 30.2 Å². The highest BCUT2D eigenvalue weighted by Crippen LogP contribution is 2.43. The number of benzene rings is 2. The minimum Gasteiger partial charge on any atom is -0.493 e. The fourth-order valence-electron chi connectivity index (χ4n) is 3.00. The monoisotopic (exact) mass is 345 g/mol. The van der Waals surface area contributed by atoms with Crippen LogP contribution in [0, 0.1) is 5.82 Å². The van der Waals surface area contributed by atoms with Crippen molar-refractivity contribution < 1.29 is 23.4 Å². The molecule has 132 valence electrons. The van der Waals surface area contributed by atoms with Gasteiger partial charge in [0.1, 0.15) is 5.82 Å². The summed E-state index contributed by atoms with van der Waals surface area (Å²) in [6, 6.07) is 9.82. The topological polar surface area (TPSA) is 56.8 Å². The molecule has 1 amide bonds. The van der Waals surface area contributed by atoms with E-state index in [4.69, 9.17) is 14.2 Å². The van der Waals surface area contributed by atoms with Crippen molar-refractivity contribution in [3.05, 3.63) is 53.3 Å². The molecule has 2 aromatic carbocycles. The zero-order valence-corrected chi connectivity index (χ0v) is 14.3. The van der Waals surface area contributed by atoms with E-state index in [1.165, 1.54) is 27.4 Å². The molecule has 0 spiro atoms. The maximum absolute atomic E-state index is 13.9. The molecule has 25 heavy (non-hydrogen) atoms. The lowest BCUT2D eigenvalue weighted by atomic mass is 10.1. The van der Waals surface area contributed by atoms with E-state index < -0.39 is 0 Å². The molecule has 0 heterocycles. The Morgan fingerprint density at radius 2 is 1.76 bits per heavy atom. The van der Waals surface area contributed by atoms with Crippen molar-refractivity contribution in [1.82, 2.24) is 5.32 Å². The molecule has 1 aliphatic carbocycles. The summed E-state index contributed by atoms with van der Waals surface area (Å²) in [5.41, 5.74) is 0.978. The molecule has 5 nitrogen and oxygen atoms in total. The Balaban J connectivity index is 1.78. The van der Waals surface area contributed by atoms with Crippen molar-refractivity contribution in [2.75, 3.05) is 21.3 Å². The Kier molecular flexibility index (Phi) is 4.79. The third-order valence-corrected chi connectivity index (χ3v) is 4.36. The smallest absolute Gasteiger partial charge is 0.255 e. The molecule has 2 atom stereocenters. The van der Waals surface area contributed by atoms with Crippen LogP contribution in [0.1, 0.15) is 28.3 Å². The zero-order valence-electron chi connectivity index (χ0n) is 14.3. The van der Waals surface area contributed by atoms with Crippen LogP contribution in [0.25, 0.3) is 0 Å². The highest BCUT2D eigenvalue weighted by atomic mass is 19.1. The predicted octanol–water partition coefficient (Wildman–Crippen LogP) is 3.14. The normalized spacial score (nSPS) is 18.4. The van der Waals surface area contributed by atoms with Gasteiger partial charge in [0.15, 0.2) is 11.5 Å². The van der Waals surface area contributed by atoms with Crippen molar-refractivity contribution in [3.8, 4) is 17.2 Å². The van der Waals surface area contributed by atoms with Crippen molar-refractivity contribution in [3.63, 3.8) is 0 Å². The largest absolute Gasteiger partial charge is 0.493 e. The van der Waals surface area contributed by atoms with Gasteiger partial charge in [-0.15, -0.1) is 0 Å². The third-order valence-electron chi connectivity index (χ3n) is 4.36. The summed E-state index contributed by atoms with van der Waals surface area (Å²) in [4.78, 5) is 12.6. The number of halogens is 1. The van der Waals surface area contributed by atoms with Gasteiger partial charge in [-0.1, -0.05) is 18.2 Å². The highest BCUT2D eigenvalue weighted by molar-refractivity contribution is 5.98. The maximum Gasteiger partial charge on any atom is 0.255 e. The van der Waals surface area contributed by atoms with Crippen LogP contribution in [-0.2, 0) is 0 Å². The highest BCUT2D eigenvalue weighted by Gasteiger charge is 2.41. The van der Waals surface area contributed by atoms with Gasteiger partial charge in [0.25, 0.3) is 5.91 Å². The molecule has 1 saturated carbocycles. The summed E-state index contributed by atoms with van der Waals surface area (Å²) in [6.45, 7) is 0. The second-order valence-corrected chi connectivity index (χ2v) is 5.83. The minimum atomic E-state index is -0.290. The Bertz CT molecular complexity index is 793. The van der Waals surface area contributed by atoms with Crippen molar-refractivity contribution in [1.29, 1.82) is 0 Å². The number of methoxy groups -OCH3 is 3. The standard InChI is InChI=1S/C19H20FNO4/c1-23-16-9-8-12(17(24-2)18(16)25-3)19(22)21-15-10-13(15)11-6-4-5-7-14(11)20/h4-9,13,15H,10H2,1-3H3,(H,21,22)/t13-,15+/m0/s1. The molecule has 3 rings (SSSR count). The first-order valence-electron chi connectivity index (χ1n) is 7.95. The quantitative estimate of drug-likeness (QED) is 0.874. The molecule has 0 unspecified atom stereocenters. The average molecular weight is 345 g/mol. The Labute approximate surface area is 145 Å². The van der Waals surface area contributed by atoms with Gasteiger partial charge in [-0.3, -0.25) is 4.79 Å². The van der Waals surface area contributed by atoms with Gasteiger partial charge in [0.2, 0.25) is 5.75 Å². The molecular weight excluding hydrogens is 325 g/mol. The summed E-state index contributed by atoms with van der Waals surface area (Å²) in [6.07, 6.45) is 0.711. The van der Waals surface area contributed by atoms with Gasteiger partial charge in [0.05, 0.1) is 26.9 Å². The molecule has 0 saturated heterocycles. The van der Waals surface area contributed by atoms with Gasteiger partial charge in [-0.25, -0.2) is 4.39 Å². The van der Waals surface area contributed by atoms with E-state index in [9.17, 15) is 9.18 Å². The van der Waals surface area contributed by atoms with Gasteiger partial charge >= 0.3 is 0 Å². The number of hydrogen-bond donors (Lipinski definition) is 1. The number of amides is 1. The van der Waals surface area contributed by atoms with E-state index in [0.29, 0.717) is 34.8 Å². The van der Waals surface area contributed by atoms with Crippen LogP contribution in [0.15, 0.2) is 36.4 Å². The number of nitrogens with one attached hydrogen (secondary N) is 1. The first kappa shape index (κ1) is 17.1. The minimum absolute atomic E-state index is 0.00344. The lowest BCUT2D eigenvalue weighted by Gasteiger charge is -2.15. The summed E-state index contributed by atoms with van der Waals surface area (Å²) >= 11 is 0. The molecule has 0 aliphatic heterocycles. The summed E-state index contributed by atoms with van der Waals surface area (Å²) in [5.74, 6) is 0.610. The molecule has 2 aromatic rings. The van der Waals surface area contributed by atoms with Crippen LogP contribution in [0.5, 0.6) is 17.2 Å². The number of ether oxygens (including phenoxy) is 3. The van der Waals surface area contributed by atoms with Crippen LogP contribution < -0.4 is 19.5 Å².